The van der Waals surface area contributed by atoms with Crippen LogP contribution in [0, 0.1) is 6.92 Å². The Morgan fingerprint density at radius 2 is 1.81 bits per heavy atom. The summed E-state index contributed by atoms with van der Waals surface area (Å²) in [5.74, 6) is 0.722. The first-order chi connectivity index (χ1) is 15.0. The normalized spacial score (nSPS) is 14.7. The van der Waals surface area contributed by atoms with Crippen molar-refractivity contribution in [2.45, 2.75) is 33.7 Å². The number of carbonyl (C=O) groups excluding carboxylic acids is 1. The average molecular weight is 487 g/mol. The fourth-order valence-corrected chi connectivity index (χ4v) is 3.87. The van der Waals surface area contributed by atoms with Crippen molar-refractivity contribution in [1.29, 1.82) is 0 Å². The summed E-state index contributed by atoms with van der Waals surface area (Å²) < 4.78 is 10.3. The third-order valence-corrected chi connectivity index (χ3v) is 5.99. The maximum Gasteiger partial charge on any atom is 0.274 e. The third-order valence-electron chi connectivity index (χ3n) is 5.46. The number of nitrogens with zero attached hydrogens (tertiary/aromatic N) is 6. The molecule has 3 heterocycles. The molecule has 1 saturated heterocycles. The number of hydrogen-bond acceptors (Lipinski definition) is 5. The number of hydrogen-bond donors (Lipinski definition) is 0. The molecule has 9 heteroatoms. The Hall–Kier alpha value is -2.65. The molecule has 0 bridgehead atoms. The van der Waals surface area contributed by atoms with Crippen molar-refractivity contribution in [3.8, 4) is 5.75 Å². The lowest BCUT2D eigenvalue weighted by atomic mass is 10.2. The van der Waals surface area contributed by atoms with Crippen molar-refractivity contribution >= 4 is 21.8 Å². The standard InChI is InChI=1S/C22H27BrN6O2/c1-3-28-15-18(17(2)24-28)14-26-10-12-27(13-11-26)22(30)21-8-9-29(25-21)16-31-20-6-4-19(23)5-7-20/h4-9,15H,3,10-14,16H2,1-2H3. The van der Waals surface area contributed by atoms with Crippen molar-refractivity contribution in [3.63, 3.8) is 0 Å². The summed E-state index contributed by atoms with van der Waals surface area (Å²) in [4.78, 5) is 17.1. The summed E-state index contributed by atoms with van der Waals surface area (Å²) in [5, 5.41) is 8.92. The summed E-state index contributed by atoms with van der Waals surface area (Å²) in [6.45, 7) is 9.23. The number of benzene rings is 1. The molecule has 164 valence electrons. The summed E-state index contributed by atoms with van der Waals surface area (Å²) in [7, 11) is 0. The van der Waals surface area contributed by atoms with Gasteiger partial charge in [-0.3, -0.25) is 14.4 Å². The van der Waals surface area contributed by atoms with Crippen LogP contribution in [0.3, 0.4) is 0 Å². The zero-order valence-corrected chi connectivity index (χ0v) is 19.5. The number of rotatable bonds is 7. The summed E-state index contributed by atoms with van der Waals surface area (Å²) in [6, 6.07) is 9.36. The Balaban J connectivity index is 1.27. The third kappa shape index (κ3) is 5.34. The van der Waals surface area contributed by atoms with Gasteiger partial charge in [0.25, 0.3) is 5.91 Å². The minimum atomic E-state index is -0.0305. The highest BCUT2D eigenvalue weighted by atomic mass is 79.9. The molecular formula is C22H27BrN6O2. The zero-order valence-electron chi connectivity index (χ0n) is 17.9. The van der Waals surface area contributed by atoms with E-state index in [4.69, 9.17) is 4.74 Å². The number of aryl methyl sites for hydroxylation is 2. The van der Waals surface area contributed by atoms with Crippen molar-refractivity contribution in [1.82, 2.24) is 29.4 Å². The van der Waals surface area contributed by atoms with E-state index in [1.165, 1.54) is 5.56 Å². The van der Waals surface area contributed by atoms with Crippen molar-refractivity contribution in [2.24, 2.45) is 0 Å². The molecule has 0 N–H and O–H groups in total. The van der Waals surface area contributed by atoms with Crippen LogP contribution in [0.5, 0.6) is 5.75 Å². The van der Waals surface area contributed by atoms with Gasteiger partial charge in [0.15, 0.2) is 12.4 Å². The number of ether oxygens (including phenoxy) is 1. The summed E-state index contributed by atoms with van der Waals surface area (Å²) >= 11 is 3.40. The van der Waals surface area contributed by atoms with Gasteiger partial charge >= 0.3 is 0 Å². The van der Waals surface area contributed by atoms with E-state index < -0.39 is 0 Å². The van der Waals surface area contributed by atoms with Gasteiger partial charge in [0, 0.05) is 61.7 Å². The van der Waals surface area contributed by atoms with E-state index >= 15 is 0 Å². The second-order valence-electron chi connectivity index (χ2n) is 7.63. The Kier molecular flexibility index (Phi) is 6.72. The molecule has 1 aromatic carbocycles. The largest absolute Gasteiger partial charge is 0.471 e. The van der Waals surface area contributed by atoms with Crippen LogP contribution >= 0.6 is 15.9 Å². The predicted molar refractivity (Wildman–Crippen MR) is 121 cm³/mol. The molecule has 1 amide bonds. The number of carbonyl (C=O) groups is 1. The highest BCUT2D eigenvalue weighted by Gasteiger charge is 2.24. The van der Waals surface area contributed by atoms with Crippen molar-refractivity contribution in [2.75, 3.05) is 26.2 Å². The molecule has 2 aromatic heterocycles. The number of aromatic nitrogens is 4. The quantitative estimate of drug-likeness (QED) is 0.512. The van der Waals surface area contributed by atoms with Crippen LogP contribution in [0.2, 0.25) is 0 Å². The van der Waals surface area contributed by atoms with Gasteiger partial charge in [-0.1, -0.05) is 15.9 Å². The van der Waals surface area contributed by atoms with Crippen LogP contribution < -0.4 is 4.74 Å². The first-order valence-corrected chi connectivity index (χ1v) is 11.3. The topological polar surface area (TPSA) is 68.4 Å². The van der Waals surface area contributed by atoms with E-state index in [-0.39, 0.29) is 12.6 Å². The number of halogens is 1. The van der Waals surface area contributed by atoms with E-state index in [1.54, 1.807) is 16.9 Å². The minimum Gasteiger partial charge on any atom is -0.471 e. The van der Waals surface area contributed by atoms with Gasteiger partial charge in [-0.2, -0.15) is 10.2 Å². The van der Waals surface area contributed by atoms with Gasteiger partial charge in [0.1, 0.15) is 5.75 Å². The Morgan fingerprint density at radius 3 is 2.48 bits per heavy atom. The first-order valence-electron chi connectivity index (χ1n) is 10.5. The Labute approximate surface area is 190 Å². The van der Waals surface area contributed by atoms with Crippen molar-refractivity contribution < 1.29 is 9.53 Å². The zero-order chi connectivity index (χ0) is 21.8. The molecule has 0 unspecified atom stereocenters. The van der Waals surface area contributed by atoms with Crippen LogP contribution in [0.15, 0.2) is 47.2 Å². The molecule has 3 aromatic rings. The molecule has 0 spiro atoms. The highest BCUT2D eigenvalue weighted by Crippen LogP contribution is 2.17. The van der Waals surface area contributed by atoms with Gasteiger partial charge in [0.05, 0.1) is 5.69 Å². The fraction of sp³-hybridized carbons (Fsp3) is 0.409. The molecule has 1 aliphatic heterocycles. The molecule has 0 aliphatic carbocycles. The molecular weight excluding hydrogens is 460 g/mol. The van der Waals surface area contributed by atoms with Gasteiger partial charge in [-0.05, 0) is 44.2 Å². The van der Waals surface area contributed by atoms with E-state index in [1.807, 2.05) is 33.8 Å². The van der Waals surface area contributed by atoms with Crippen LogP contribution in [-0.2, 0) is 19.8 Å². The highest BCUT2D eigenvalue weighted by molar-refractivity contribution is 9.10. The molecule has 4 rings (SSSR count). The molecule has 31 heavy (non-hydrogen) atoms. The molecule has 0 saturated carbocycles. The van der Waals surface area contributed by atoms with Crippen LogP contribution in [0.25, 0.3) is 0 Å². The molecule has 1 aliphatic rings. The van der Waals surface area contributed by atoms with Crippen molar-refractivity contribution in [3.05, 3.63) is 64.1 Å². The lowest BCUT2D eigenvalue weighted by Gasteiger charge is -2.34. The predicted octanol–water partition coefficient (Wildman–Crippen LogP) is 3.16. The summed E-state index contributed by atoms with van der Waals surface area (Å²) in [5.41, 5.74) is 2.79. The number of piperazine rings is 1. The van der Waals surface area contributed by atoms with Gasteiger partial charge in [-0.25, -0.2) is 4.68 Å². The van der Waals surface area contributed by atoms with Gasteiger partial charge in [-0.15, -0.1) is 0 Å². The first kappa shape index (κ1) is 21.6. The monoisotopic (exact) mass is 486 g/mol. The van der Waals surface area contributed by atoms with Gasteiger partial charge < -0.3 is 9.64 Å². The maximum atomic E-state index is 12.9. The van der Waals surface area contributed by atoms with E-state index in [0.29, 0.717) is 18.8 Å². The average Bonchev–Trinajstić information content (AvgIpc) is 3.40. The van der Waals surface area contributed by atoms with Crippen LogP contribution in [0.1, 0.15) is 28.7 Å². The van der Waals surface area contributed by atoms with E-state index in [2.05, 4.69) is 51.1 Å². The van der Waals surface area contributed by atoms with Crippen LogP contribution in [0.4, 0.5) is 0 Å². The lowest BCUT2D eigenvalue weighted by molar-refractivity contribution is 0.0620. The second kappa shape index (κ2) is 9.65. The molecule has 0 atom stereocenters. The SMILES string of the molecule is CCn1cc(CN2CCN(C(=O)c3ccn(COc4ccc(Br)cc4)n3)CC2)c(C)n1. The maximum absolute atomic E-state index is 12.9. The number of amides is 1. The van der Waals surface area contributed by atoms with E-state index in [0.717, 1.165) is 42.1 Å². The summed E-state index contributed by atoms with van der Waals surface area (Å²) in [6.07, 6.45) is 3.90. The Morgan fingerprint density at radius 1 is 1.06 bits per heavy atom. The minimum absolute atomic E-state index is 0.0305. The van der Waals surface area contributed by atoms with Gasteiger partial charge in [0.2, 0.25) is 0 Å². The van der Waals surface area contributed by atoms with E-state index in [9.17, 15) is 4.79 Å². The smallest absolute Gasteiger partial charge is 0.274 e. The molecule has 0 radical (unpaired) electrons. The fourth-order valence-electron chi connectivity index (χ4n) is 3.61. The molecule has 8 nitrogen and oxygen atoms in total. The molecule has 1 fully saturated rings. The Bertz CT molecular complexity index is 1020. The second-order valence-corrected chi connectivity index (χ2v) is 8.55. The lowest BCUT2D eigenvalue weighted by Crippen LogP contribution is -2.48. The van der Waals surface area contributed by atoms with Crippen LogP contribution in [-0.4, -0.2) is 61.4 Å².